The molecular formula is C58H74N11O9S2+. The van der Waals surface area contributed by atoms with E-state index in [9.17, 15) is 35.8 Å². The number of imidazole rings is 2. The third kappa shape index (κ3) is 14.8. The van der Waals surface area contributed by atoms with Crippen LogP contribution in [-0.2, 0) is 61.0 Å². The molecule has 20 nitrogen and oxygen atoms in total. The van der Waals surface area contributed by atoms with Crippen LogP contribution in [0.25, 0.3) is 33.4 Å². The van der Waals surface area contributed by atoms with Gasteiger partial charge in [0.25, 0.3) is 10.1 Å². The van der Waals surface area contributed by atoms with Gasteiger partial charge in [0.2, 0.25) is 33.1 Å². The second-order valence-corrected chi connectivity index (χ2v) is 23.6. The smallest absolute Gasteiger partial charge is 0.294 e. The van der Waals surface area contributed by atoms with Gasteiger partial charge in [0.15, 0.2) is 0 Å². The average Bonchev–Trinajstić information content (AvgIpc) is 4.14. The summed E-state index contributed by atoms with van der Waals surface area (Å²) in [5, 5.41) is 10.4. The summed E-state index contributed by atoms with van der Waals surface area (Å²) in [7, 11) is -5.62. The molecule has 4 heterocycles. The van der Waals surface area contributed by atoms with E-state index in [1.165, 1.54) is 12.1 Å². The quantitative estimate of drug-likeness (QED) is 0.0214. The molecule has 1 aliphatic carbocycles. The van der Waals surface area contributed by atoms with Crippen LogP contribution in [-0.4, -0.2) is 134 Å². The number of unbranched alkanes of at least 4 members (excludes halogenated alkanes) is 1. The van der Waals surface area contributed by atoms with Crippen LogP contribution in [0.5, 0.6) is 0 Å². The number of hydrogen-bond acceptors (Lipinski definition) is 12. The van der Waals surface area contributed by atoms with Gasteiger partial charge in [0, 0.05) is 98.0 Å². The van der Waals surface area contributed by atoms with Gasteiger partial charge in [-0.1, -0.05) is 36.4 Å². The minimum absolute atomic E-state index is 0.0520. The predicted octanol–water partition coefficient (Wildman–Crippen LogP) is 5.20. The lowest BCUT2D eigenvalue weighted by molar-refractivity contribution is -0.132. The van der Waals surface area contributed by atoms with Gasteiger partial charge in [0.1, 0.15) is 36.5 Å². The minimum atomic E-state index is -4.87. The lowest BCUT2D eigenvalue weighted by Crippen LogP contribution is -2.56. The van der Waals surface area contributed by atoms with Gasteiger partial charge in [-0.2, -0.15) is 8.42 Å². The van der Waals surface area contributed by atoms with E-state index < -0.39 is 53.8 Å². The zero-order valence-electron chi connectivity index (χ0n) is 46.4. The molecule has 2 unspecified atom stereocenters. The van der Waals surface area contributed by atoms with Gasteiger partial charge >= 0.3 is 0 Å². The third-order valence-electron chi connectivity index (χ3n) is 14.7. The van der Waals surface area contributed by atoms with Crippen molar-refractivity contribution in [3.05, 3.63) is 132 Å². The van der Waals surface area contributed by atoms with Gasteiger partial charge in [-0.15, -0.1) is 0 Å². The minimum Gasteiger partial charge on any atom is -0.456 e. The van der Waals surface area contributed by atoms with E-state index in [4.69, 9.17) is 4.42 Å². The summed E-state index contributed by atoms with van der Waals surface area (Å²) < 4.78 is 80.1. The number of aromatic nitrogens is 4. The van der Waals surface area contributed by atoms with Gasteiger partial charge in [-0.3, -0.25) is 18.9 Å². The first-order valence-electron chi connectivity index (χ1n) is 27.4. The number of fused-ring (bicyclic) bond motifs is 2. The Morgan fingerprint density at radius 1 is 0.800 bits per heavy atom. The Balaban J connectivity index is 1.06. The van der Waals surface area contributed by atoms with Crippen molar-refractivity contribution in [1.82, 2.24) is 49.3 Å². The number of nitrogens with zero attached hydrogens (tertiary/aromatic N) is 7. The molecule has 80 heavy (non-hydrogen) atoms. The van der Waals surface area contributed by atoms with Crippen molar-refractivity contribution in [3.63, 3.8) is 0 Å². The molecule has 22 heteroatoms. The number of piperidine rings is 1. The van der Waals surface area contributed by atoms with Crippen LogP contribution in [0.3, 0.4) is 0 Å². The monoisotopic (exact) mass is 1130 g/mol. The first kappa shape index (κ1) is 58.9. The molecule has 0 bridgehead atoms. The summed E-state index contributed by atoms with van der Waals surface area (Å²) in [6, 6.07) is 22.5. The van der Waals surface area contributed by atoms with Crippen molar-refractivity contribution in [3.8, 4) is 22.5 Å². The van der Waals surface area contributed by atoms with Crippen LogP contribution < -0.4 is 35.5 Å². The number of rotatable bonds is 25. The first-order valence-corrected chi connectivity index (χ1v) is 30.3. The summed E-state index contributed by atoms with van der Waals surface area (Å²) in [5.74, 6) is -0.990. The summed E-state index contributed by atoms with van der Waals surface area (Å²) in [6.45, 7) is 13.1. The zero-order valence-corrected chi connectivity index (χ0v) is 48.0. The molecule has 5 aromatic rings. The molecule has 3 aliphatic rings. The number of amides is 3. The lowest BCUT2D eigenvalue weighted by atomic mass is 9.93. The van der Waals surface area contributed by atoms with Gasteiger partial charge in [-0.25, -0.2) is 27.7 Å². The molecule has 8 rings (SSSR count). The van der Waals surface area contributed by atoms with Crippen LogP contribution in [0.4, 0.5) is 5.69 Å². The van der Waals surface area contributed by atoms with E-state index in [1.54, 1.807) is 30.5 Å². The lowest BCUT2D eigenvalue weighted by Gasteiger charge is -2.31. The Hall–Kier alpha value is -7.24. The van der Waals surface area contributed by atoms with E-state index in [0.717, 1.165) is 74.8 Å². The van der Waals surface area contributed by atoms with Crippen LogP contribution in [0.1, 0.15) is 76.8 Å². The summed E-state index contributed by atoms with van der Waals surface area (Å²) >= 11 is 0. The molecule has 1 saturated heterocycles. The second kappa shape index (κ2) is 26.4. The van der Waals surface area contributed by atoms with Crippen LogP contribution >= 0.6 is 0 Å². The number of nitrogens with one attached hydrogen (secondary N) is 4. The molecule has 5 N–H and O–H groups in total. The van der Waals surface area contributed by atoms with Crippen molar-refractivity contribution in [2.75, 3.05) is 57.8 Å². The highest BCUT2D eigenvalue weighted by Gasteiger charge is 2.31. The summed E-state index contributed by atoms with van der Waals surface area (Å²) in [4.78, 5) is 54.5. The molecule has 2 aromatic heterocycles. The van der Waals surface area contributed by atoms with Crippen molar-refractivity contribution in [1.29, 1.82) is 0 Å². The fraction of sp³-hybridized carbons (Fsp3) is 0.414. The van der Waals surface area contributed by atoms with Crippen molar-refractivity contribution in [2.24, 2.45) is 7.05 Å². The predicted molar refractivity (Wildman–Crippen MR) is 308 cm³/mol. The number of benzene rings is 4. The highest BCUT2D eigenvalue weighted by Crippen LogP contribution is 2.43. The maximum absolute atomic E-state index is 14.7. The summed E-state index contributed by atoms with van der Waals surface area (Å²) in [6.07, 6.45) is 8.66. The zero-order chi connectivity index (χ0) is 57.1. The Labute approximate surface area is 468 Å². The first-order chi connectivity index (χ1) is 38.4. The van der Waals surface area contributed by atoms with E-state index in [2.05, 4.69) is 45.0 Å². The molecule has 0 spiro atoms. The third-order valence-corrected chi connectivity index (χ3v) is 17.1. The molecular weight excluding hydrogens is 1060 g/mol. The maximum Gasteiger partial charge on any atom is 0.294 e. The topological polar surface area (TPSA) is 246 Å². The Morgan fingerprint density at radius 2 is 1.52 bits per heavy atom. The molecule has 1 fully saturated rings. The van der Waals surface area contributed by atoms with Crippen molar-refractivity contribution >= 4 is 54.5 Å². The number of hydrogen-bond donors (Lipinski definition) is 5. The van der Waals surface area contributed by atoms with Gasteiger partial charge in [-0.05, 0) is 116 Å². The molecule has 426 valence electrons. The Bertz CT molecular complexity index is 3560. The second-order valence-electron chi connectivity index (χ2n) is 20.4. The number of sulfonamides is 1. The van der Waals surface area contributed by atoms with Crippen molar-refractivity contribution in [2.45, 2.75) is 107 Å². The van der Waals surface area contributed by atoms with Gasteiger partial charge in [0.05, 0.1) is 46.3 Å². The molecule has 2 aliphatic heterocycles. The number of aryl methyl sites for hydroxylation is 1. The maximum atomic E-state index is 14.7. The molecule has 3 amide bonds. The number of carbonyl (C=O) groups excluding carboxylic acids is 3. The van der Waals surface area contributed by atoms with Crippen LogP contribution in [0.2, 0.25) is 0 Å². The fourth-order valence-electron chi connectivity index (χ4n) is 10.4. The highest BCUT2D eigenvalue weighted by molar-refractivity contribution is 7.89. The number of likely N-dealkylation sites (tertiary alicyclic amines) is 1. The standard InChI is InChI=1S/C58H73N11O9S2/c1-7-68(8-2)44-19-22-47-52(32-44)78-53-33-45(69(9-3)10-4)20-23-48(53)56(47)49-24-21-46(80(75,76)77)34-54(49)79(73,74)61-27-15-14-18-50(63-55(70)31-43-36-66(6)38-59-43)57(71)64-51(58(72)62-41-25-28-65(5)29-26-41)30-42-37-67(39-60-42)35-40-16-12-11-13-17-40/h11-13,16-17,19-24,32-34,36-39,41,50-51,61H,7-10,14-15,18,25-31,35H2,1-6H3,(H3-,62,63,64,70,71,72,75,76,77)/p+1. The van der Waals surface area contributed by atoms with E-state index in [1.807, 2.05) is 112 Å². The van der Waals surface area contributed by atoms with E-state index >= 15 is 0 Å². The Kier molecular flexibility index (Phi) is 19.4. The summed E-state index contributed by atoms with van der Waals surface area (Å²) in [5.41, 5.74) is 4.74. The molecule has 0 radical (unpaired) electrons. The Morgan fingerprint density at radius 3 is 2.21 bits per heavy atom. The molecule has 0 saturated carbocycles. The highest BCUT2D eigenvalue weighted by atomic mass is 32.2. The van der Waals surface area contributed by atoms with E-state index in [-0.39, 0.29) is 56.2 Å². The largest absolute Gasteiger partial charge is 0.456 e. The average molecular weight is 1130 g/mol. The van der Waals surface area contributed by atoms with Gasteiger partial charge < -0.3 is 39.3 Å². The normalized spacial score (nSPS) is 14.2. The van der Waals surface area contributed by atoms with Crippen LogP contribution in [0, 0.1) is 0 Å². The SMILES string of the molecule is CCN(CC)c1ccc2c(-c3ccc(S(=O)(=O)O)cc3S(=O)(=O)NCCCCC(NC(=O)Cc3cn(C)cn3)C(=O)NC(Cc3cn(Cc4ccccc4)cn3)C(=O)NC3CCN(C)CC3)c3ccc(=[N+](CC)CC)cc-3oc2c1. The molecule has 2 atom stereocenters. The number of anilines is 1. The van der Waals surface area contributed by atoms with Crippen molar-refractivity contribution < 1.29 is 40.2 Å². The number of carbonyl (C=O) groups is 3. The fourth-order valence-corrected chi connectivity index (χ4v) is 12.2. The molecule has 3 aromatic carbocycles. The van der Waals surface area contributed by atoms with E-state index in [0.29, 0.717) is 45.8 Å². The van der Waals surface area contributed by atoms with Crippen LogP contribution in [0.15, 0.2) is 124 Å².